The summed E-state index contributed by atoms with van der Waals surface area (Å²) in [6, 6.07) is 0.365. The van der Waals surface area contributed by atoms with Crippen molar-refractivity contribution in [3.05, 3.63) is 0 Å². The van der Waals surface area contributed by atoms with Crippen molar-refractivity contribution >= 4 is 5.84 Å². The predicted molar refractivity (Wildman–Crippen MR) is 48.2 cm³/mol. The number of ether oxygens (including phenoxy) is 1. The van der Waals surface area contributed by atoms with Gasteiger partial charge in [-0.2, -0.15) is 0 Å². The Morgan fingerprint density at radius 1 is 1.58 bits per heavy atom. The molecule has 0 amide bonds. The minimum absolute atomic E-state index is 0.365. The molecule has 2 saturated heterocycles. The molecule has 3 nitrogen and oxygen atoms in total. The summed E-state index contributed by atoms with van der Waals surface area (Å²) in [7, 11) is 0. The second-order valence-corrected chi connectivity index (χ2v) is 3.65. The van der Waals surface area contributed by atoms with Crippen molar-refractivity contribution in [1.82, 2.24) is 0 Å². The van der Waals surface area contributed by atoms with Gasteiger partial charge in [0.15, 0.2) is 0 Å². The normalized spacial score (nSPS) is 40.8. The van der Waals surface area contributed by atoms with Gasteiger partial charge in [0, 0.05) is 6.42 Å². The summed E-state index contributed by atoms with van der Waals surface area (Å²) in [5.41, 5.74) is 5.68. The van der Waals surface area contributed by atoms with Gasteiger partial charge in [-0.25, -0.2) is 0 Å². The van der Waals surface area contributed by atoms with Crippen LogP contribution in [0.1, 0.15) is 32.6 Å². The summed E-state index contributed by atoms with van der Waals surface area (Å²) in [6.07, 6.45) is 5.20. The van der Waals surface area contributed by atoms with Gasteiger partial charge in [-0.3, -0.25) is 4.99 Å². The highest BCUT2D eigenvalue weighted by molar-refractivity contribution is 5.80. The molecular formula is C9H16N2O. The molecule has 0 radical (unpaired) electrons. The standard InChI is InChI=1S/C9H16N2O/c1-2-9(10)11-7-5-6-3-4-8(7)12-6/h6-8H,2-5H2,1H3,(H2,10,11). The molecule has 2 bridgehead atoms. The number of aliphatic imine (C=N–C) groups is 1. The Labute approximate surface area is 73.0 Å². The molecule has 68 valence electrons. The van der Waals surface area contributed by atoms with Crippen LogP contribution in [0.2, 0.25) is 0 Å². The minimum Gasteiger partial charge on any atom is -0.387 e. The van der Waals surface area contributed by atoms with Gasteiger partial charge in [-0.1, -0.05) is 6.92 Å². The largest absolute Gasteiger partial charge is 0.387 e. The molecule has 0 spiro atoms. The molecule has 0 aromatic carbocycles. The van der Waals surface area contributed by atoms with Crippen LogP contribution in [0, 0.1) is 0 Å². The van der Waals surface area contributed by atoms with Crippen molar-refractivity contribution in [2.24, 2.45) is 10.7 Å². The fourth-order valence-electron chi connectivity index (χ4n) is 2.05. The molecule has 3 unspecified atom stereocenters. The zero-order valence-corrected chi connectivity index (χ0v) is 7.49. The van der Waals surface area contributed by atoms with Crippen molar-refractivity contribution < 1.29 is 4.74 Å². The first kappa shape index (κ1) is 8.05. The summed E-state index contributed by atoms with van der Waals surface area (Å²) in [4.78, 5) is 4.45. The van der Waals surface area contributed by atoms with E-state index in [4.69, 9.17) is 10.5 Å². The molecule has 2 aliphatic rings. The number of hydrogen-bond donors (Lipinski definition) is 1. The maximum Gasteiger partial charge on any atom is 0.0938 e. The van der Waals surface area contributed by atoms with E-state index in [-0.39, 0.29) is 0 Å². The Morgan fingerprint density at radius 3 is 2.92 bits per heavy atom. The molecule has 2 rings (SSSR count). The monoisotopic (exact) mass is 168 g/mol. The Hall–Kier alpha value is -0.570. The summed E-state index contributed by atoms with van der Waals surface area (Å²) >= 11 is 0. The highest BCUT2D eigenvalue weighted by Crippen LogP contribution is 2.36. The SMILES string of the molecule is CCC(N)=NC1CC2CCC1O2. The highest BCUT2D eigenvalue weighted by Gasteiger charge is 2.40. The summed E-state index contributed by atoms with van der Waals surface area (Å²) in [5, 5.41) is 0. The molecule has 3 atom stereocenters. The predicted octanol–water partition coefficient (Wildman–Crippen LogP) is 1.07. The lowest BCUT2D eigenvalue weighted by Gasteiger charge is -2.14. The number of nitrogens with zero attached hydrogens (tertiary/aromatic N) is 1. The average Bonchev–Trinajstić information content (AvgIpc) is 2.64. The van der Waals surface area contributed by atoms with Gasteiger partial charge in [0.1, 0.15) is 0 Å². The number of fused-ring (bicyclic) bond motifs is 2. The fourth-order valence-corrected chi connectivity index (χ4v) is 2.05. The van der Waals surface area contributed by atoms with Crippen molar-refractivity contribution in [2.45, 2.75) is 50.9 Å². The Kier molecular flexibility index (Phi) is 2.05. The van der Waals surface area contributed by atoms with Crippen LogP contribution in [-0.2, 0) is 4.74 Å². The molecule has 2 N–H and O–H groups in total. The van der Waals surface area contributed by atoms with E-state index in [0.717, 1.165) is 18.7 Å². The van der Waals surface area contributed by atoms with Crippen molar-refractivity contribution in [3.63, 3.8) is 0 Å². The Morgan fingerprint density at radius 2 is 2.42 bits per heavy atom. The maximum atomic E-state index is 5.68. The Bertz CT molecular complexity index is 203. The summed E-state index contributed by atoms with van der Waals surface area (Å²) < 4.78 is 5.67. The van der Waals surface area contributed by atoms with Crippen LogP contribution in [-0.4, -0.2) is 24.1 Å². The third-order valence-electron chi connectivity index (χ3n) is 2.77. The van der Waals surface area contributed by atoms with E-state index in [1.807, 2.05) is 6.92 Å². The molecule has 2 heterocycles. The number of hydrogen-bond acceptors (Lipinski definition) is 2. The first-order valence-corrected chi connectivity index (χ1v) is 4.77. The summed E-state index contributed by atoms with van der Waals surface area (Å²) in [6.45, 7) is 2.03. The van der Waals surface area contributed by atoms with Gasteiger partial charge in [0.25, 0.3) is 0 Å². The second kappa shape index (κ2) is 3.05. The van der Waals surface area contributed by atoms with E-state index >= 15 is 0 Å². The molecule has 3 heteroatoms. The molecular weight excluding hydrogens is 152 g/mol. The van der Waals surface area contributed by atoms with Crippen molar-refractivity contribution in [1.29, 1.82) is 0 Å². The van der Waals surface area contributed by atoms with E-state index in [1.165, 1.54) is 12.8 Å². The molecule has 0 saturated carbocycles. The first-order valence-electron chi connectivity index (χ1n) is 4.77. The molecule has 0 aromatic heterocycles. The number of nitrogens with two attached hydrogens (primary N) is 1. The van der Waals surface area contributed by atoms with Crippen LogP contribution >= 0.6 is 0 Å². The molecule has 12 heavy (non-hydrogen) atoms. The van der Waals surface area contributed by atoms with Crippen LogP contribution in [0.5, 0.6) is 0 Å². The first-order chi connectivity index (χ1) is 5.79. The highest BCUT2D eigenvalue weighted by atomic mass is 16.5. The lowest BCUT2D eigenvalue weighted by Crippen LogP contribution is -2.24. The van der Waals surface area contributed by atoms with Gasteiger partial charge < -0.3 is 10.5 Å². The van der Waals surface area contributed by atoms with Crippen LogP contribution < -0.4 is 5.73 Å². The second-order valence-electron chi connectivity index (χ2n) is 3.65. The van der Waals surface area contributed by atoms with E-state index in [0.29, 0.717) is 18.2 Å². The number of rotatable bonds is 2. The quantitative estimate of drug-likeness (QED) is 0.495. The molecule has 2 aliphatic heterocycles. The summed E-state index contributed by atoms with van der Waals surface area (Å²) in [5.74, 6) is 0.774. The molecule has 0 aromatic rings. The smallest absolute Gasteiger partial charge is 0.0938 e. The Balaban J connectivity index is 1.98. The minimum atomic E-state index is 0.365. The van der Waals surface area contributed by atoms with Crippen molar-refractivity contribution in [3.8, 4) is 0 Å². The third kappa shape index (κ3) is 1.33. The maximum absolute atomic E-state index is 5.68. The van der Waals surface area contributed by atoms with E-state index in [2.05, 4.69) is 4.99 Å². The topological polar surface area (TPSA) is 47.6 Å². The van der Waals surface area contributed by atoms with E-state index in [1.54, 1.807) is 0 Å². The van der Waals surface area contributed by atoms with E-state index < -0.39 is 0 Å². The van der Waals surface area contributed by atoms with Gasteiger partial charge in [-0.05, 0) is 19.3 Å². The zero-order chi connectivity index (χ0) is 8.55. The zero-order valence-electron chi connectivity index (χ0n) is 7.49. The fraction of sp³-hybridized carbons (Fsp3) is 0.889. The molecule has 0 aliphatic carbocycles. The van der Waals surface area contributed by atoms with Crippen LogP contribution in [0.3, 0.4) is 0 Å². The van der Waals surface area contributed by atoms with Gasteiger partial charge >= 0.3 is 0 Å². The average molecular weight is 168 g/mol. The van der Waals surface area contributed by atoms with Crippen molar-refractivity contribution in [2.75, 3.05) is 0 Å². The molecule has 2 fully saturated rings. The lowest BCUT2D eigenvalue weighted by molar-refractivity contribution is 0.101. The van der Waals surface area contributed by atoms with Gasteiger partial charge in [0.2, 0.25) is 0 Å². The van der Waals surface area contributed by atoms with Crippen LogP contribution in [0.25, 0.3) is 0 Å². The van der Waals surface area contributed by atoms with E-state index in [9.17, 15) is 0 Å². The lowest BCUT2D eigenvalue weighted by atomic mass is 9.96. The van der Waals surface area contributed by atoms with Gasteiger partial charge in [-0.15, -0.1) is 0 Å². The van der Waals surface area contributed by atoms with Crippen LogP contribution in [0.4, 0.5) is 0 Å². The van der Waals surface area contributed by atoms with Gasteiger partial charge in [0.05, 0.1) is 24.1 Å². The third-order valence-corrected chi connectivity index (χ3v) is 2.77. The van der Waals surface area contributed by atoms with Crippen LogP contribution in [0.15, 0.2) is 4.99 Å². The number of amidine groups is 1.